The average Bonchev–Trinajstić information content (AvgIpc) is 2.74. The second kappa shape index (κ2) is 5.15. The van der Waals surface area contributed by atoms with Gasteiger partial charge in [0.1, 0.15) is 0 Å². The molecule has 3 heteroatoms. The zero-order valence-electron chi connectivity index (χ0n) is 9.51. The first-order valence-corrected chi connectivity index (χ1v) is 6.96. The first-order valence-electron chi connectivity index (χ1n) is 6.04. The predicted octanol–water partition coefficient (Wildman–Crippen LogP) is 3.14. The van der Waals surface area contributed by atoms with E-state index >= 15 is 0 Å². The highest BCUT2D eigenvalue weighted by Gasteiger charge is 2.55. The second-order valence-corrected chi connectivity index (χ2v) is 5.95. The van der Waals surface area contributed by atoms with Gasteiger partial charge in [-0.2, -0.15) is 0 Å². The maximum Gasteiger partial charge on any atom is 0.0652 e. The van der Waals surface area contributed by atoms with Crippen LogP contribution in [0.15, 0.2) is 0 Å². The topological polar surface area (TPSA) is 18.5 Å². The molecule has 0 radical (unpaired) electrons. The maximum absolute atomic E-state index is 5.98. The molecule has 1 spiro atoms. The van der Waals surface area contributed by atoms with E-state index in [-0.39, 0.29) is 0 Å². The molecule has 2 fully saturated rings. The monoisotopic (exact) mass is 276 g/mol. The summed E-state index contributed by atoms with van der Waals surface area (Å²) in [4.78, 5) is 0.708. The van der Waals surface area contributed by atoms with E-state index in [1.807, 2.05) is 0 Å². The van der Waals surface area contributed by atoms with Crippen molar-refractivity contribution in [3.63, 3.8) is 0 Å². The van der Waals surface area contributed by atoms with Crippen LogP contribution < -0.4 is 0 Å². The minimum absolute atomic E-state index is 0.493. The molecule has 2 rings (SSSR count). The summed E-state index contributed by atoms with van der Waals surface area (Å²) in [5, 5.41) is 0. The molecule has 0 amide bonds. The van der Waals surface area contributed by atoms with Crippen LogP contribution in [0.5, 0.6) is 0 Å². The molecule has 0 N–H and O–H groups in total. The van der Waals surface area contributed by atoms with Crippen LogP contribution in [0.1, 0.15) is 38.5 Å². The van der Waals surface area contributed by atoms with Crippen molar-refractivity contribution >= 4 is 15.9 Å². The highest BCUT2D eigenvalue weighted by molar-refractivity contribution is 9.09. The van der Waals surface area contributed by atoms with E-state index in [0.717, 1.165) is 19.6 Å². The van der Waals surface area contributed by atoms with Gasteiger partial charge in [-0.05, 0) is 25.7 Å². The van der Waals surface area contributed by atoms with E-state index in [9.17, 15) is 0 Å². The number of hydrogen-bond acceptors (Lipinski definition) is 2. The minimum Gasteiger partial charge on any atom is -0.385 e. The molecule has 0 aliphatic heterocycles. The van der Waals surface area contributed by atoms with Crippen molar-refractivity contribution in [3.8, 4) is 0 Å². The Balaban J connectivity index is 1.74. The third-order valence-corrected chi connectivity index (χ3v) is 5.32. The molecule has 0 heterocycles. The van der Waals surface area contributed by atoms with Gasteiger partial charge in [0, 0.05) is 30.6 Å². The molecule has 2 aliphatic carbocycles. The fourth-order valence-electron chi connectivity index (χ4n) is 3.03. The van der Waals surface area contributed by atoms with Crippen LogP contribution in [0.3, 0.4) is 0 Å². The summed E-state index contributed by atoms with van der Waals surface area (Å²) in [5.41, 5.74) is 0.493. The Morgan fingerprint density at radius 2 is 2.00 bits per heavy atom. The van der Waals surface area contributed by atoms with Crippen LogP contribution >= 0.6 is 15.9 Å². The Morgan fingerprint density at radius 1 is 1.27 bits per heavy atom. The van der Waals surface area contributed by atoms with Gasteiger partial charge in [0.15, 0.2) is 0 Å². The Kier molecular flexibility index (Phi) is 4.08. The van der Waals surface area contributed by atoms with Crippen molar-refractivity contribution in [1.29, 1.82) is 0 Å². The summed E-state index contributed by atoms with van der Waals surface area (Å²) in [5.74, 6) is 0. The number of alkyl halides is 1. The normalized spacial score (nSPS) is 33.2. The summed E-state index contributed by atoms with van der Waals surface area (Å²) in [6.45, 7) is 1.68. The van der Waals surface area contributed by atoms with Gasteiger partial charge in [-0.15, -0.1) is 0 Å². The van der Waals surface area contributed by atoms with Gasteiger partial charge in [0.25, 0.3) is 0 Å². The third kappa shape index (κ3) is 2.25. The van der Waals surface area contributed by atoms with E-state index in [1.54, 1.807) is 7.11 Å². The molecule has 0 aromatic rings. The maximum atomic E-state index is 5.98. The SMILES string of the molecule is COCCCOC1CC(Br)C12CCCC2. The van der Waals surface area contributed by atoms with Crippen molar-refractivity contribution in [1.82, 2.24) is 0 Å². The Labute approximate surface area is 101 Å². The van der Waals surface area contributed by atoms with Crippen LogP contribution in [0.4, 0.5) is 0 Å². The second-order valence-electron chi connectivity index (χ2n) is 4.85. The smallest absolute Gasteiger partial charge is 0.0652 e. The molecule has 2 saturated carbocycles. The molecule has 88 valence electrons. The first-order chi connectivity index (χ1) is 7.29. The van der Waals surface area contributed by atoms with Gasteiger partial charge < -0.3 is 9.47 Å². The molecule has 15 heavy (non-hydrogen) atoms. The number of rotatable bonds is 5. The standard InChI is InChI=1S/C12H21BrO2/c1-14-7-4-8-15-11-9-10(13)12(11)5-2-3-6-12/h10-11H,2-9H2,1H3. The lowest BCUT2D eigenvalue weighted by Gasteiger charge is -2.51. The van der Waals surface area contributed by atoms with Gasteiger partial charge >= 0.3 is 0 Å². The van der Waals surface area contributed by atoms with Crippen LogP contribution in [-0.4, -0.2) is 31.3 Å². The van der Waals surface area contributed by atoms with Crippen molar-refractivity contribution in [2.24, 2.45) is 5.41 Å². The van der Waals surface area contributed by atoms with E-state index in [2.05, 4.69) is 15.9 Å². The number of halogens is 1. The fourth-order valence-corrected chi connectivity index (χ4v) is 4.12. The van der Waals surface area contributed by atoms with Crippen LogP contribution in [0, 0.1) is 5.41 Å². The molecule has 2 unspecified atom stereocenters. The summed E-state index contributed by atoms with van der Waals surface area (Å²) in [7, 11) is 1.75. The number of hydrogen-bond donors (Lipinski definition) is 0. The van der Waals surface area contributed by atoms with E-state index in [4.69, 9.17) is 9.47 Å². The summed E-state index contributed by atoms with van der Waals surface area (Å²) in [6, 6.07) is 0. The van der Waals surface area contributed by atoms with Gasteiger partial charge in [0.05, 0.1) is 6.10 Å². The predicted molar refractivity (Wildman–Crippen MR) is 64.5 cm³/mol. The van der Waals surface area contributed by atoms with Gasteiger partial charge in [-0.1, -0.05) is 28.8 Å². The van der Waals surface area contributed by atoms with E-state index < -0.39 is 0 Å². The Morgan fingerprint density at radius 3 is 2.60 bits per heavy atom. The van der Waals surface area contributed by atoms with Crippen LogP contribution in [0.25, 0.3) is 0 Å². The van der Waals surface area contributed by atoms with Gasteiger partial charge in [0.2, 0.25) is 0 Å². The largest absolute Gasteiger partial charge is 0.385 e. The Bertz CT molecular complexity index is 202. The third-order valence-electron chi connectivity index (χ3n) is 4.03. The Hall–Kier alpha value is 0.400. The van der Waals surface area contributed by atoms with Crippen LogP contribution in [-0.2, 0) is 9.47 Å². The van der Waals surface area contributed by atoms with Crippen molar-refractivity contribution in [2.75, 3.05) is 20.3 Å². The fraction of sp³-hybridized carbons (Fsp3) is 1.00. The zero-order chi connectivity index (χ0) is 10.7. The van der Waals surface area contributed by atoms with Gasteiger partial charge in [-0.3, -0.25) is 0 Å². The van der Waals surface area contributed by atoms with Crippen molar-refractivity contribution in [2.45, 2.75) is 49.5 Å². The zero-order valence-corrected chi connectivity index (χ0v) is 11.1. The molecule has 2 atom stereocenters. The van der Waals surface area contributed by atoms with E-state index in [0.29, 0.717) is 16.3 Å². The lowest BCUT2D eigenvalue weighted by molar-refractivity contribution is -0.103. The minimum atomic E-state index is 0.493. The summed E-state index contributed by atoms with van der Waals surface area (Å²) >= 11 is 3.80. The summed E-state index contributed by atoms with van der Waals surface area (Å²) < 4.78 is 11.0. The first kappa shape index (κ1) is 11.9. The highest BCUT2D eigenvalue weighted by Crippen LogP contribution is 2.57. The van der Waals surface area contributed by atoms with Gasteiger partial charge in [-0.25, -0.2) is 0 Å². The summed E-state index contributed by atoms with van der Waals surface area (Å²) in [6.07, 6.45) is 8.24. The molecule has 0 saturated heterocycles. The number of ether oxygens (including phenoxy) is 2. The number of methoxy groups -OCH3 is 1. The molecule has 2 aliphatic rings. The quantitative estimate of drug-likeness (QED) is 0.568. The molecular weight excluding hydrogens is 256 g/mol. The highest BCUT2D eigenvalue weighted by atomic mass is 79.9. The van der Waals surface area contributed by atoms with Crippen molar-refractivity contribution < 1.29 is 9.47 Å². The molecule has 0 bridgehead atoms. The average molecular weight is 277 g/mol. The molecule has 2 nitrogen and oxygen atoms in total. The van der Waals surface area contributed by atoms with E-state index in [1.165, 1.54) is 32.1 Å². The van der Waals surface area contributed by atoms with Crippen LogP contribution in [0.2, 0.25) is 0 Å². The molecule has 0 aromatic heterocycles. The van der Waals surface area contributed by atoms with Crippen molar-refractivity contribution in [3.05, 3.63) is 0 Å². The lowest BCUT2D eigenvalue weighted by Crippen LogP contribution is -2.53. The molecular formula is C12H21BrO2. The lowest BCUT2D eigenvalue weighted by atomic mass is 9.64. The molecule has 0 aromatic carbocycles.